The summed E-state index contributed by atoms with van der Waals surface area (Å²) in [6, 6.07) is 1.62. The first-order valence-corrected chi connectivity index (χ1v) is 7.28. The van der Waals surface area contributed by atoms with Crippen molar-refractivity contribution < 1.29 is 19.4 Å². The molecule has 1 aliphatic rings. The van der Waals surface area contributed by atoms with E-state index in [0.717, 1.165) is 5.56 Å². The molecule has 1 N–H and O–H groups in total. The van der Waals surface area contributed by atoms with E-state index in [2.05, 4.69) is 0 Å². The molecule has 1 aromatic carbocycles. The number of fused-ring (bicyclic) bond motifs is 1. The molecule has 0 spiro atoms. The minimum Gasteiger partial charge on any atom is -0.480 e. The number of carboxylic acid groups (broad SMARTS) is 1. The van der Waals surface area contributed by atoms with Crippen molar-refractivity contribution in [3.63, 3.8) is 0 Å². The summed E-state index contributed by atoms with van der Waals surface area (Å²) in [6.07, 6.45) is 0.554. The number of ketones is 1. The molecule has 0 saturated carbocycles. The van der Waals surface area contributed by atoms with Crippen molar-refractivity contribution in [1.82, 2.24) is 0 Å². The molecule has 6 heteroatoms. The van der Waals surface area contributed by atoms with E-state index in [-0.39, 0.29) is 32.9 Å². The molecular weight excluding hydrogens is 315 g/mol. The van der Waals surface area contributed by atoms with E-state index in [9.17, 15) is 9.59 Å². The molecule has 4 nitrogen and oxygen atoms in total. The Bertz CT molecular complexity index is 617. The molecule has 1 atom stereocenters. The minimum absolute atomic E-state index is 0.0193. The molecule has 0 fully saturated rings. The Kier molecular flexibility index (Phi) is 4.22. The van der Waals surface area contributed by atoms with Crippen molar-refractivity contribution in [1.29, 1.82) is 0 Å². The minimum atomic E-state index is -1.11. The maximum absolute atomic E-state index is 12.5. The largest absolute Gasteiger partial charge is 0.480 e. The van der Waals surface area contributed by atoms with E-state index in [0.29, 0.717) is 12.0 Å². The van der Waals surface area contributed by atoms with Crippen LogP contribution in [0.25, 0.3) is 0 Å². The van der Waals surface area contributed by atoms with Gasteiger partial charge in [0.05, 0.1) is 5.02 Å². The average Bonchev–Trinajstić information content (AvgIpc) is 2.69. The summed E-state index contributed by atoms with van der Waals surface area (Å²) in [7, 11) is 0. The van der Waals surface area contributed by atoms with Gasteiger partial charge in [-0.3, -0.25) is 4.79 Å². The molecule has 0 amide bonds. The highest BCUT2D eigenvalue weighted by molar-refractivity contribution is 6.45. The molecule has 0 radical (unpaired) electrons. The number of carboxylic acids is 1. The molecule has 0 bridgehead atoms. The highest BCUT2D eigenvalue weighted by Gasteiger charge is 2.40. The van der Waals surface area contributed by atoms with Gasteiger partial charge in [0.2, 0.25) is 0 Å². The van der Waals surface area contributed by atoms with Crippen LogP contribution < -0.4 is 4.74 Å². The van der Waals surface area contributed by atoms with Crippen molar-refractivity contribution >= 4 is 35.0 Å². The van der Waals surface area contributed by atoms with Crippen LogP contribution in [0.3, 0.4) is 0 Å². The van der Waals surface area contributed by atoms with Gasteiger partial charge in [-0.15, -0.1) is 0 Å². The lowest BCUT2D eigenvalue weighted by Gasteiger charge is -2.25. The summed E-state index contributed by atoms with van der Waals surface area (Å²) in [5.74, 6) is -1.10. The van der Waals surface area contributed by atoms with Gasteiger partial charge in [0.15, 0.2) is 12.4 Å². The molecule has 2 rings (SSSR count). The number of carbonyl (C=O) groups excluding carboxylic acids is 1. The third-order valence-corrected chi connectivity index (χ3v) is 4.49. The van der Waals surface area contributed by atoms with Crippen LogP contribution in [0.4, 0.5) is 0 Å². The molecule has 114 valence electrons. The average molecular weight is 331 g/mol. The normalized spacial score (nSPS) is 17.8. The van der Waals surface area contributed by atoms with Crippen LogP contribution in [-0.4, -0.2) is 23.5 Å². The maximum atomic E-state index is 12.5. The Balaban J connectivity index is 2.43. The fraction of sp³-hybridized carbons (Fsp3) is 0.467. The van der Waals surface area contributed by atoms with Gasteiger partial charge in [-0.1, -0.05) is 44.0 Å². The van der Waals surface area contributed by atoms with Gasteiger partial charge in [-0.25, -0.2) is 4.79 Å². The molecule has 0 saturated heterocycles. The highest BCUT2D eigenvalue weighted by atomic mass is 35.5. The maximum Gasteiger partial charge on any atom is 0.341 e. The number of rotatable bonds is 3. The lowest BCUT2D eigenvalue weighted by atomic mass is 9.78. The second-order valence-corrected chi connectivity index (χ2v) is 6.96. The first-order valence-electron chi connectivity index (χ1n) is 6.52. The van der Waals surface area contributed by atoms with Gasteiger partial charge in [0, 0.05) is 11.5 Å². The molecule has 1 unspecified atom stereocenters. The lowest BCUT2D eigenvalue weighted by molar-refractivity contribution is -0.139. The molecule has 1 aliphatic carbocycles. The van der Waals surface area contributed by atoms with Crippen molar-refractivity contribution in [2.24, 2.45) is 11.3 Å². The number of hydrogen-bond donors (Lipinski definition) is 1. The molecule has 21 heavy (non-hydrogen) atoms. The van der Waals surface area contributed by atoms with Gasteiger partial charge < -0.3 is 9.84 Å². The van der Waals surface area contributed by atoms with Crippen LogP contribution >= 0.6 is 23.2 Å². The van der Waals surface area contributed by atoms with Crippen molar-refractivity contribution in [2.45, 2.75) is 27.2 Å². The second-order valence-electron chi connectivity index (χ2n) is 6.21. The van der Waals surface area contributed by atoms with Crippen molar-refractivity contribution in [3.8, 4) is 5.75 Å². The number of ether oxygens (including phenoxy) is 1. The number of aliphatic carboxylic acids is 1. The van der Waals surface area contributed by atoms with Crippen LogP contribution in [0.2, 0.25) is 10.0 Å². The summed E-state index contributed by atoms with van der Waals surface area (Å²) in [5, 5.41) is 8.89. The molecule has 0 aromatic heterocycles. The zero-order chi connectivity index (χ0) is 15.9. The second kappa shape index (κ2) is 5.50. The monoisotopic (exact) mass is 330 g/mol. The van der Waals surface area contributed by atoms with Crippen LogP contribution in [-0.2, 0) is 11.2 Å². The third kappa shape index (κ3) is 3.01. The molecule has 0 aliphatic heterocycles. The zero-order valence-electron chi connectivity index (χ0n) is 12.0. The van der Waals surface area contributed by atoms with E-state index >= 15 is 0 Å². The standard InChI is InChI=1S/C15H16Cl2O4/c1-15(2,3)8-4-7-5-9(21-6-10(18)19)12(16)13(17)11(7)14(8)20/h5,8H,4,6H2,1-3H3,(H,18,19). The van der Waals surface area contributed by atoms with Gasteiger partial charge in [0.1, 0.15) is 10.8 Å². The first kappa shape index (κ1) is 16.1. The summed E-state index contributed by atoms with van der Waals surface area (Å²) in [4.78, 5) is 23.1. The van der Waals surface area contributed by atoms with E-state index in [1.54, 1.807) is 6.07 Å². The van der Waals surface area contributed by atoms with E-state index < -0.39 is 12.6 Å². The SMILES string of the molecule is CC(C)(C)C1Cc2cc(OCC(=O)O)c(Cl)c(Cl)c2C1=O. The Morgan fingerprint density at radius 3 is 2.52 bits per heavy atom. The summed E-state index contributed by atoms with van der Waals surface area (Å²) < 4.78 is 5.13. The lowest BCUT2D eigenvalue weighted by Crippen LogP contribution is -2.25. The Morgan fingerprint density at radius 2 is 2.00 bits per heavy atom. The first-order chi connectivity index (χ1) is 9.62. The number of halogens is 2. The topological polar surface area (TPSA) is 63.6 Å². The fourth-order valence-electron chi connectivity index (χ4n) is 2.51. The van der Waals surface area contributed by atoms with E-state index in [1.165, 1.54) is 0 Å². The summed E-state index contributed by atoms with van der Waals surface area (Å²) >= 11 is 12.3. The number of benzene rings is 1. The molecule has 0 heterocycles. The van der Waals surface area contributed by atoms with Gasteiger partial charge >= 0.3 is 5.97 Å². The van der Waals surface area contributed by atoms with Crippen LogP contribution in [0.1, 0.15) is 36.7 Å². The molecular formula is C15H16Cl2O4. The van der Waals surface area contributed by atoms with Gasteiger partial charge in [0.25, 0.3) is 0 Å². The number of Topliss-reactive ketones (excluding diaryl/α,β-unsaturated/α-hetero) is 1. The van der Waals surface area contributed by atoms with Gasteiger partial charge in [-0.05, 0) is 23.5 Å². The quantitative estimate of drug-likeness (QED) is 0.913. The zero-order valence-corrected chi connectivity index (χ0v) is 13.5. The van der Waals surface area contributed by atoms with E-state index in [1.807, 2.05) is 20.8 Å². The van der Waals surface area contributed by atoms with Crippen molar-refractivity contribution in [2.75, 3.05) is 6.61 Å². The molecule has 1 aromatic rings. The van der Waals surface area contributed by atoms with Crippen molar-refractivity contribution in [3.05, 3.63) is 27.2 Å². The predicted molar refractivity (Wildman–Crippen MR) is 80.6 cm³/mol. The number of carbonyl (C=O) groups is 2. The van der Waals surface area contributed by atoms with Gasteiger partial charge in [-0.2, -0.15) is 0 Å². The van der Waals surface area contributed by atoms with Crippen LogP contribution in [0.5, 0.6) is 5.75 Å². The number of hydrogen-bond acceptors (Lipinski definition) is 3. The predicted octanol–water partition coefficient (Wildman–Crippen LogP) is 3.86. The Morgan fingerprint density at radius 1 is 1.38 bits per heavy atom. The summed E-state index contributed by atoms with van der Waals surface area (Å²) in [5.41, 5.74) is 1.01. The fourth-order valence-corrected chi connectivity index (χ4v) is 3.02. The van der Waals surface area contributed by atoms with E-state index in [4.69, 9.17) is 33.0 Å². The summed E-state index contributed by atoms with van der Waals surface area (Å²) in [6.45, 7) is 5.49. The third-order valence-electron chi connectivity index (χ3n) is 3.64. The highest BCUT2D eigenvalue weighted by Crippen LogP contribution is 2.46. The van der Waals surface area contributed by atoms with Crippen LogP contribution in [0.15, 0.2) is 6.07 Å². The Labute approximate surface area is 133 Å². The Hall–Kier alpha value is -1.26. The smallest absolute Gasteiger partial charge is 0.341 e. The van der Waals surface area contributed by atoms with Crippen LogP contribution in [0, 0.1) is 11.3 Å².